The minimum Gasteiger partial charge on any atom is -0.465 e. The van der Waals surface area contributed by atoms with E-state index < -0.39 is 0 Å². The highest BCUT2D eigenvalue weighted by atomic mass is 35.5. The first-order valence-electron chi connectivity index (χ1n) is 6.50. The van der Waals surface area contributed by atoms with Gasteiger partial charge in [0.1, 0.15) is 11.5 Å². The lowest BCUT2D eigenvalue weighted by atomic mass is 10.1. The van der Waals surface area contributed by atoms with Crippen LogP contribution < -0.4 is 10.6 Å². The molecular formula is C14H19ClN2O2S. The van der Waals surface area contributed by atoms with Crippen molar-refractivity contribution in [2.45, 2.75) is 20.3 Å². The van der Waals surface area contributed by atoms with Gasteiger partial charge in [-0.15, -0.1) is 0 Å². The monoisotopic (exact) mass is 314 g/mol. The molecule has 0 aliphatic heterocycles. The number of halogens is 1. The van der Waals surface area contributed by atoms with Crippen molar-refractivity contribution in [1.82, 2.24) is 0 Å². The number of esters is 1. The molecule has 4 nitrogen and oxygen atoms in total. The van der Waals surface area contributed by atoms with Crippen molar-refractivity contribution in [2.75, 3.05) is 24.6 Å². The van der Waals surface area contributed by atoms with E-state index in [0.717, 1.165) is 12.1 Å². The molecule has 2 N–H and O–H groups in total. The van der Waals surface area contributed by atoms with Crippen molar-refractivity contribution < 1.29 is 9.53 Å². The molecule has 0 spiro atoms. The summed E-state index contributed by atoms with van der Waals surface area (Å²) in [6.45, 7) is 5.01. The summed E-state index contributed by atoms with van der Waals surface area (Å²) in [6, 6.07) is 5.40. The number of nitrogens with zero attached hydrogens (tertiary/aromatic N) is 1. The Labute approximate surface area is 129 Å². The SMILES string of the molecule is CCCN(CC(=O)OCC)c1cccc(Cl)c1C(N)=S. The molecule has 1 aromatic rings. The van der Waals surface area contributed by atoms with Crippen LogP contribution >= 0.6 is 23.8 Å². The second-order valence-corrected chi connectivity index (χ2v) is 5.07. The highest BCUT2D eigenvalue weighted by molar-refractivity contribution is 7.80. The van der Waals surface area contributed by atoms with Gasteiger partial charge in [-0.3, -0.25) is 4.79 Å². The van der Waals surface area contributed by atoms with Gasteiger partial charge >= 0.3 is 5.97 Å². The molecule has 0 aliphatic carbocycles. The molecule has 0 aromatic heterocycles. The Hall–Kier alpha value is -1.33. The van der Waals surface area contributed by atoms with Crippen molar-refractivity contribution >= 4 is 40.5 Å². The van der Waals surface area contributed by atoms with Crippen LogP contribution in [0.1, 0.15) is 25.8 Å². The van der Waals surface area contributed by atoms with Gasteiger partial charge in [0.15, 0.2) is 0 Å². The molecule has 1 rings (SSSR count). The Morgan fingerprint density at radius 1 is 1.45 bits per heavy atom. The summed E-state index contributed by atoms with van der Waals surface area (Å²) in [5, 5.41) is 0.486. The lowest BCUT2D eigenvalue weighted by Crippen LogP contribution is -2.33. The Balaban J connectivity index is 3.11. The van der Waals surface area contributed by atoms with E-state index in [4.69, 9.17) is 34.3 Å². The summed E-state index contributed by atoms with van der Waals surface area (Å²) in [4.78, 5) is 13.8. The molecule has 1 aromatic carbocycles. The normalized spacial score (nSPS) is 10.2. The van der Waals surface area contributed by atoms with Gasteiger partial charge in [-0.1, -0.05) is 36.8 Å². The molecule has 0 heterocycles. The molecule has 0 fully saturated rings. The van der Waals surface area contributed by atoms with Crippen LogP contribution in [0.25, 0.3) is 0 Å². The summed E-state index contributed by atoms with van der Waals surface area (Å²) >= 11 is 11.2. The zero-order chi connectivity index (χ0) is 15.1. The second-order valence-electron chi connectivity index (χ2n) is 4.22. The highest BCUT2D eigenvalue weighted by Gasteiger charge is 2.18. The number of nitrogens with two attached hydrogens (primary N) is 1. The number of benzene rings is 1. The standard InChI is InChI=1S/C14H19ClN2O2S/c1-3-8-17(9-12(18)19-4-2)11-7-5-6-10(15)13(11)14(16)20/h5-7H,3-4,8-9H2,1-2H3,(H2,16,20). The van der Waals surface area contributed by atoms with Gasteiger partial charge in [0.2, 0.25) is 0 Å². The molecule has 0 aliphatic rings. The lowest BCUT2D eigenvalue weighted by Gasteiger charge is -2.26. The number of hydrogen-bond donors (Lipinski definition) is 1. The van der Waals surface area contributed by atoms with Crippen molar-refractivity contribution in [3.05, 3.63) is 28.8 Å². The van der Waals surface area contributed by atoms with Gasteiger partial charge in [-0.25, -0.2) is 0 Å². The van der Waals surface area contributed by atoms with E-state index in [1.54, 1.807) is 13.0 Å². The smallest absolute Gasteiger partial charge is 0.325 e. The number of rotatable bonds is 7. The van der Waals surface area contributed by atoms with Crippen molar-refractivity contribution in [3.63, 3.8) is 0 Å². The minimum atomic E-state index is -0.283. The highest BCUT2D eigenvalue weighted by Crippen LogP contribution is 2.27. The first-order chi connectivity index (χ1) is 9.51. The van der Waals surface area contributed by atoms with Crippen LogP contribution in [0.2, 0.25) is 5.02 Å². The maximum absolute atomic E-state index is 11.7. The molecule has 0 bridgehead atoms. The lowest BCUT2D eigenvalue weighted by molar-refractivity contribution is -0.141. The number of carbonyl (C=O) groups is 1. The average Bonchev–Trinajstić information content (AvgIpc) is 2.37. The average molecular weight is 315 g/mol. The first-order valence-corrected chi connectivity index (χ1v) is 7.28. The molecule has 0 unspecified atom stereocenters. The molecule has 0 atom stereocenters. The van der Waals surface area contributed by atoms with Gasteiger partial charge < -0.3 is 15.4 Å². The largest absolute Gasteiger partial charge is 0.465 e. The number of carbonyl (C=O) groups excluding carboxylic acids is 1. The maximum atomic E-state index is 11.7. The van der Waals surface area contributed by atoms with Crippen LogP contribution in [0.5, 0.6) is 0 Å². The minimum absolute atomic E-state index is 0.150. The fraction of sp³-hybridized carbons (Fsp3) is 0.429. The van der Waals surface area contributed by atoms with E-state index in [-0.39, 0.29) is 17.5 Å². The Morgan fingerprint density at radius 2 is 2.15 bits per heavy atom. The van der Waals surface area contributed by atoms with Crippen LogP contribution in [0, 0.1) is 0 Å². The van der Waals surface area contributed by atoms with Gasteiger partial charge in [0, 0.05) is 12.2 Å². The van der Waals surface area contributed by atoms with Crippen LogP contribution in [-0.4, -0.2) is 30.7 Å². The molecule has 0 amide bonds. The Bertz CT molecular complexity index is 494. The Kier molecular flexibility index (Phi) is 6.75. The predicted molar refractivity (Wildman–Crippen MR) is 86.5 cm³/mol. The van der Waals surface area contributed by atoms with Crippen LogP contribution in [-0.2, 0) is 9.53 Å². The second kappa shape index (κ2) is 8.07. The molecule has 0 saturated heterocycles. The summed E-state index contributed by atoms with van der Waals surface area (Å²) in [5.41, 5.74) is 7.11. The molecule has 110 valence electrons. The molecular weight excluding hydrogens is 296 g/mol. The fourth-order valence-corrected chi connectivity index (χ4v) is 2.48. The van der Waals surface area contributed by atoms with Crippen molar-refractivity contribution in [1.29, 1.82) is 0 Å². The number of anilines is 1. The Morgan fingerprint density at radius 3 is 2.70 bits per heavy atom. The molecule has 6 heteroatoms. The van der Waals surface area contributed by atoms with Gasteiger partial charge in [0.05, 0.1) is 17.2 Å². The summed E-state index contributed by atoms with van der Waals surface area (Å²) in [7, 11) is 0. The number of thiocarbonyl (C=S) groups is 1. The van der Waals surface area contributed by atoms with E-state index in [0.29, 0.717) is 23.7 Å². The summed E-state index contributed by atoms with van der Waals surface area (Å²) < 4.78 is 4.99. The zero-order valence-electron chi connectivity index (χ0n) is 11.7. The van der Waals surface area contributed by atoms with Crippen LogP contribution in [0.15, 0.2) is 18.2 Å². The van der Waals surface area contributed by atoms with E-state index in [9.17, 15) is 4.79 Å². The topological polar surface area (TPSA) is 55.6 Å². The maximum Gasteiger partial charge on any atom is 0.325 e. The summed E-state index contributed by atoms with van der Waals surface area (Å²) in [5.74, 6) is -0.283. The van der Waals surface area contributed by atoms with Crippen LogP contribution in [0.3, 0.4) is 0 Å². The third-order valence-corrected chi connectivity index (χ3v) is 3.22. The van der Waals surface area contributed by atoms with E-state index in [2.05, 4.69) is 0 Å². The zero-order valence-corrected chi connectivity index (χ0v) is 13.3. The number of ether oxygens (including phenoxy) is 1. The van der Waals surface area contributed by atoms with Gasteiger partial charge in [-0.2, -0.15) is 0 Å². The molecule has 20 heavy (non-hydrogen) atoms. The number of hydrogen-bond acceptors (Lipinski definition) is 4. The van der Waals surface area contributed by atoms with Gasteiger partial charge in [0.25, 0.3) is 0 Å². The predicted octanol–water partition coefficient (Wildman–Crippen LogP) is 2.75. The van der Waals surface area contributed by atoms with Crippen molar-refractivity contribution in [3.8, 4) is 0 Å². The fourth-order valence-electron chi connectivity index (χ4n) is 1.94. The van der Waals surface area contributed by atoms with Crippen LogP contribution in [0.4, 0.5) is 5.69 Å². The third-order valence-electron chi connectivity index (χ3n) is 2.70. The molecule has 0 saturated carbocycles. The molecule has 0 radical (unpaired) electrons. The van der Waals surface area contributed by atoms with Gasteiger partial charge in [-0.05, 0) is 25.5 Å². The summed E-state index contributed by atoms with van der Waals surface area (Å²) in [6.07, 6.45) is 0.878. The van der Waals surface area contributed by atoms with E-state index in [1.165, 1.54) is 0 Å². The van der Waals surface area contributed by atoms with E-state index in [1.807, 2.05) is 24.0 Å². The van der Waals surface area contributed by atoms with Crippen molar-refractivity contribution in [2.24, 2.45) is 5.73 Å². The quantitative estimate of drug-likeness (QED) is 0.619. The first kappa shape index (κ1) is 16.7. The van der Waals surface area contributed by atoms with E-state index >= 15 is 0 Å². The third kappa shape index (κ3) is 4.35.